The second kappa shape index (κ2) is 8.53. The van der Waals surface area contributed by atoms with Crippen LogP contribution in [-0.2, 0) is 0 Å². The van der Waals surface area contributed by atoms with Crippen molar-refractivity contribution in [2.24, 2.45) is 9.98 Å². The van der Waals surface area contributed by atoms with E-state index in [1.54, 1.807) is 6.21 Å². The van der Waals surface area contributed by atoms with E-state index in [9.17, 15) is 20.2 Å². The fraction of sp³-hybridized carbons (Fsp3) is 0.100. The molecule has 0 bridgehead atoms. The summed E-state index contributed by atoms with van der Waals surface area (Å²) < 4.78 is 0. The number of non-ortho nitro benzene ring substituents is 2. The summed E-state index contributed by atoms with van der Waals surface area (Å²) in [6, 6.07) is 13.1. The van der Waals surface area contributed by atoms with Crippen LogP contribution >= 0.6 is 11.3 Å². The fourth-order valence-electron chi connectivity index (χ4n) is 2.67. The van der Waals surface area contributed by atoms with Crippen molar-refractivity contribution in [1.82, 2.24) is 0 Å². The van der Waals surface area contributed by atoms with Gasteiger partial charge < -0.3 is 0 Å². The molecule has 29 heavy (non-hydrogen) atoms. The van der Waals surface area contributed by atoms with Gasteiger partial charge in [-0.05, 0) is 49.2 Å². The molecule has 0 aliphatic heterocycles. The highest BCUT2D eigenvalue weighted by Crippen LogP contribution is 2.28. The maximum Gasteiger partial charge on any atom is 0.278 e. The van der Waals surface area contributed by atoms with E-state index in [1.807, 2.05) is 38.1 Å². The third-order valence-corrected chi connectivity index (χ3v) is 4.80. The van der Waals surface area contributed by atoms with Crippen molar-refractivity contribution in [3.05, 3.63) is 89.6 Å². The zero-order valence-corrected chi connectivity index (χ0v) is 16.4. The molecule has 0 aliphatic carbocycles. The topological polar surface area (TPSA) is 111 Å². The summed E-state index contributed by atoms with van der Waals surface area (Å²) in [5, 5.41) is 21.9. The van der Waals surface area contributed by atoms with Crippen LogP contribution < -0.4 is 0 Å². The van der Waals surface area contributed by atoms with Gasteiger partial charge in [0.05, 0.1) is 27.3 Å². The molecule has 0 spiro atoms. The number of nitrogens with zero attached hydrogens (tertiary/aromatic N) is 4. The lowest BCUT2D eigenvalue weighted by atomic mass is 10.1. The Morgan fingerprint density at radius 2 is 1.21 bits per heavy atom. The zero-order chi connectivity index (χ0) is 21.0. The SMILES string of the molecule is Cc1cc(C)cc(N=Cc2ccc(C=Nc3cc([N+](=O)[O-])cc([N+](=O)[O-])c3)s2)c1. The second-order valence-corrected chi connectivity index (χ2v) is 7.47. The molecule has 8 nitrogen and oxygen atoms in total. The Morgan fingerprint density at radius 3 is 1.66 bits per heavy atom. The summed E-state index contributed by atoms with van der Waals surface area (Å²) >= 11 is 1.43. The van der Waals surface area contributed by atoms with Gasteiger partial charge in [0.1, 0.15) is 0 Å². The van der Waals surface area contributed by atoms with Gasteiger partial charge in [-0.15, -0.1) is 11.3 Å². The number of nitro groups is 2. The molecule has 0 saturated carbocycles. The first-order valence-corrected chi connectivity index (χ1v) is 9.32. The summed E-state index contributed by atoms with van der Waals surface area (Å²) in [5.74, 6) is 0. The van der Waals surface area contributed by atoms with Crippen molar-refractivity contribution >= 4 is 46.5 Å². The van der Waals surface area contributed by atoms with Gasteiger partial charge in [0.2, 0.25) is 0 Å². The molecule has 0 fully saturated rings. The Hall–Kier alpha value is -3.72. The molecule has 3 rings (SSSR count). The van der Waals surface area contributed by atoms with E-state index < -0.39 is 9.85 Å². The minimum atomic E-state index is -0.682. The molecule has 3 aromatic rings. The molecule has 1 heterocycles. The minimum absolute atomic E-state index is 0.143. The number of hydrogen-bond donors (Lipinski definition) is 0. The third-order valence-electron chi connectivity index (χ3n) is 3.84. The summed E-state index contributed by atoms with van der Waals surface area (Å²) in [6.07, 6.45) is 3.27. The van der Waals surface area contributed by atoms with Crippen LogP contribution in [0.1, 0.15) is 20.9 Å². The normalized spacial score (nSPS) is 11.4. The highest BCUT2D eigenvalue weighted by Gasteiger charge is 2.16. The van der Waals surface area contributed by atoms with Gasteiger partial charge in [-0.1, -0.05) is 6.07 Å². The molecule has 0 unspecified atom stereocenters. The maximum atomic E-state index is 11.0. The Bertz CT molecular complexity index is 1100. The van der Waals surface area contributed by atoms with E-state index in [0.717, 1.165) is 32.6 Å². The molecular weight excluding hydrogens is 392 g/mol. The molecule has 0 N–H and O–H groups in total. The van der Waals surface area contributed by atoms with Crippen LogP contribution in [-0.4, -0.2) is 22.3 Å². The third kappa shape index (κ3) is 5.39. The lowest BCUT2D eigenvalue weighted by molar-refractivity contribution is -0.394. The summed E-state index contributed by atoms with van der Waals surface area (Å²) in [5.41, 5.74) is 2.54. The standard InChI is InChI=1S/C20H16N4O4S/c1-13-5-14(2)7-15(6-13)21-11-19-3-4-20(29-19)12-22-16-8-17(23(25)26)10-18(9-16)24(27)28/h3-12H,1-2H3. The van der Waals surface area contributed by atoms with E-state index >= 15 is 0 Å². The molecule has 0 aliphatic rings. The Labute approximate surface area is 170 Å². The molecule has 1 aromatic heterocycles. The van der Waals surface area contributed by atoms with Gasteiger partial charge in [-0.25, -0.2) is 0 Å². The van der Waals surface area contributed by atoms with Crippen molar-refractivity contribution in [3.8, 4) is 0 Å². The number of hydrogen-bond acceptors (Lipinski definition) is 7. The van der Waals surface area contributed by atoms with Crippen LogP contribution in [0.5, 0.6) is 0 Å². The Morgan fingerprint density at radius 1 is 0.759 bits per heavy atom. The van der Waals surface area contributed by atoms with Crippen molar-refractivity contribution in [2.75, 3.05) is 0 Å². The summed E-state index contributed by atoms with van der Waals surface area (Å²) in [4.78, 5) is 30.9. The molecule has 0 atom stereocenters. The van der Waals surface area contributed by atoms with Crippen LogP contribution in [0.25, 0.3) is 0 Å². The van der Waals surface area contributed by atoms with E-state index in [2.05, 4.69) is 16.1 Å². The van der Waals surface area contributed by atoms with Gasteiger partial charge in [0.15, 0.2) is 0 Å². The van der Waals surface area contributed by atoms with E-state index in [4.69, 9.17) is 0 Å². The lowest BCUT2D eigenvalue weighted by Gasteiger charge is -1.98. The predicted octanol–water partition coefficient (Wildman–Crippen LogP) is 5.68. The first-order valence-electron chi connectivity index (χ1n) is 8.50. The van der Waals surface area contributed by atoms with Gasteiger partial charge in [-0.3, -0.25) is 30.2 Å². The molecule has 9 heteroatoms. The minimum Gasteiger partial charge on any atom is -0.258 e. The Balaban J connectivity index is 1.79. The second-order valence-electron chi connectivity index (χ2n) is 6.32. The average Bonchev–Trinajstić information content (AvgIpc) is 3.11. The van der Waals surface area contributed by atoms with E-state index in [0.29, 0.717) is 0 Å². The van der Waals surface area contributed by atoms with Gasteiger partial charge in [-0.2, -0.15) is 0 Å². The number of aliphatic imine (C=N–C) groups is 2. The predicted molar refractivity (Wildman–Crippen MR) is 114 cm³/mol. The average molecular weight is 408 g/mol. The highest BCUT2D eigenvalue weighted by molar-refractivity contribution is 7.15. The first-order chi connectivity index (χ1) is 13.8. The lowest BCUT2D eigenvalue weighted by Crippen LogP contribution is -1.92. The van der Waals surface area contributed by atoms with Crippen LogP contribution in [0, 0.1) is 34.1 Å². The molecule has 0 amide bonds. The van der Waals surface area contributed by atoms with Crippen molar-refractivity contribution in [3.63, 3.8) is 0 Å². The molecule has 0 radical (unpaired) electrons. The zero-order valence-electron chi connectivity index (χ0n) is 15.6. The van der Waals surface area contributed by atoms with Gasteiger partial charge in [0.25, 0.3) is 11.4 Å². The number of thiophene rings is 1. The molecule has 146 valence electrons. The quantitative estimate of drug-likeness (QED) is 0.296. The molecule has 0 saturated heterocycles. The van der Waals surface area contributed by atoms with Gasteiger partial charge in [0, 0.05) is 34.3 Å². The molecule has 2 aromatic carbocycles. The summed E-state index contributed by atoms with van der Waals surface area (Å²) in [6.45, 7) is 4.04. The van der Waals surface area contributed by atoms with Crippen LogP contribution in [0.15, 0.2) is 58.5 Å². The summed E-state index contributed by atoms with van der Waals surface area (Å²) in [7, 11) is 0. The van der Waals surface area contributed by atoms with Crippen LogP contribution in [0.3, 0.4) is 0 Å². The van der Waals surface area contributed by atoms with E-state index in [1.165, 1.54) is 29.7 Å². The smallest absolute Gasteiger partial charge is 0.258 e. The van der Waals surface area contributed by atoms with E-state index in [-0.39, 0.29) is 17.1 Å². The number of rotatable bonds is 6. The first kappa shape index (κ1) is 20.0. The van der Waals surface area contributed by atoms with Crippen LogP contribution in [0.2, 0.25) is 0 Å². The number of nitro benzene ring substituents is 2. The number of benzene rings is 2. The highest BCUT2D eigenvalue weighted by atomic mass is 32.1. The van der Waals surface area contributed by atoms with Crippen molar-refractivity contribution in [1.29, 1.82) is 0 Å². The largest absolute Gasteiger partial charge is 0.278 e. The monoisotopic (exact) mass is 408 g/mol. The number of aryl methyl sites for hydroxylation is 2. The molecular formula is C20H16N4O4S. The van der Waals surface area contributed by atoms with Crippen molar-refractivity contribution < 1.29 is 9.85 Å². The van der Waals surface area contributed by atoms with Crippen molar-refractivity contribution in [2.45, 2.75) is 13.8 Å². The Kier molecular flexibility index (Phi) is 5.89. The van der Waals surface area contributed by atoms with Crippen LogP contribution in [0.4, 0.5) is 22.7 Å². The fourth-order valence-corrected chi connectivity index (χ4v) is 3.43. The maximum absolute atomic E-state index is 11.0. The van der Waals surface area contributed by atoms with Gasteiger partial charge >= 0.3 is 0 Å².